The Kier molecular flexibility index (Phi) is 7.45. The smallest absolute Gasteiger partial charge is 0.320 e. The fourth-order valence-electron chi connectivity index (χ4n) is 1.83. The van der Waals surface area contributed by atoms with E-state index in [4.69, 9.17) is 45.6 Å². The van der Waals surface area contributed by atoms with Gasteiger partial charge < -0.3 is 15.7 Å². The van der Waals surface area contributed by atoms with E-state index in [0.717, 1.165) is 11.3 Å². The third-order valence-electron chi connectivity index (χ3n) is 2.83. The van der Waals surface area contributed by atoms with Crippen LogP contribution in [0.15, 0.2) is 18.2 Å². The molecule has 0 amide bonds. The molecule has 0 saturated carbocycles. The van der Waals surface area contributed by atoms with Gasteiger partial charge in [-0.1, -0.05) is 17.7 Å². The number of anilines is 1. The van der Waals surface area contributed by atoms with Crippen LogP contribution in [0.1, 0.15) is 5.56 Å². The number of benzene rings is 1. The molecular weight excluding hydrogens is 323 g/mol. The zero-order valence-electron chi connectivity index (χ0n) is 10.9. The summed E-state index contributed by atoms with van der Waals surface area (Å²) in [5, 5.41) is 9.34. The minimum absolute atomic E-state index is 0.236. The summed E-state index contributed by atoms with van der Waals surface area (Å²) in [4.78, 5) is 12.7. The molecule has 112 valence electrons. The molecule has 1 aromatic rings. The SMILES string of the molecule is N[C@H](Cc1ccc(N(CCCl)CCCl)c(Cl)c1)C(=O)O. The summed E-state index contributed by atoms with van der Waals surface area (Å²) in [5.74, 6) is -0.0892. The van der Waals surface area contributed by atoms with Crippen LogP contribution in [0.25, 0.3) is 0 Å². The van der Waals surface area contributed by atoms with Crippen LogP contribution in [-0.2, 0) is 11.2 Å². The summed E-state index contributed by atoms with van der Waals surface area (Å²) in [6.45, 7) is 1.28. The summed E-state index contributed by atoms with van der Waals surface area (Å²) in [6.07, 6.45) is 0.236. The molecule has 0 saturated heterocycles. The molecule has 1 rings (SSSR count). The summed E-state index contributed by atoms with van der Waals surface area (Å²) >= 11 is 17.8. The van der Waals surface area contributed by atoms with Gasteiger partial charge in [-0.05, 0) is 24.1 Å². The maximum atomic E-state index is 10.7. The van der Waals surface area contributed by atoms with Crippen molar-refractivity contribution in [3.8, 4) is 0 Å². The predicted molar refractivity (Wildman–Crippen MR) is 84.4 cm³/mol. The van der Waals surface area contributed by atoms with Gasteiger partial charge in [0.1, 0.15) is 6.04 Å². The molecule has 7 heteroatoms. The number of carboxylic acids is 1. The second-order valence-corrected chi connectivity index (χ2v) is 5.46. The summed E-state index contributed by atoms with van der Waals surface area (Å²) in [6, 6.07) is 4.46. The molecule has 1 atom stereocenters. The highest BCUT2D eigenvalue weighted by molar-refractivity contribution is 6.33. The average molecular weight is 340 g/mol. The molecule has 0 aliphatic heterocycles. The lowest BCUT2D eigenvalue weighted by molar-refractivity contribution is -0.138. The predicted octanol–water partition coefficient (Wildman–Crippen LogP) is 2.58. The maximum absolute atomic E-state index is 10.7. The number of alkyl halides is 2. The van der Waals surface area contributed by atoms with E-state index in [1.807, 2.05) is 17.0 Å². The lowest BCUT2D eigenvalue weighted by Crippen LogP contribution is -2.32. The van der Waals surface area contributed by atoms with Crippen LogP contribution in [-0.4, -0.2) is 42.0 Å². The van der Waals surface area contributed by atoms with Crippen LogP contribution in [0.4, 0.5) is 5.69 Å². The lowest BCUT2D eigenvalue weighted by atomic mass is 10.1. The minimum Gasteiger partial charge on any atom is -0.480 e. The first-order valence-electron chi connectivity index (χ1n) is 6.13. The van der Waals surface area contributed by atoms with Gasteiger partial charge in [0.25, 0.3) is 0 Å². The Balaban J connectivity index is 2.88. The van der Waals surface area contributed by atoms with Gasteiger partial charge >= 0.3 is 5.97 Å². The molecule has 0 spiro atoms. The Hall–Kier alpha value is -0.680. The van der Waals surface area contributed by atoms with Crippen LogP contribution in [0.3, 0.4) is 0 Å². The van der Waals surface area contributed by atoms with E-state index in [9.17, 15) is 4.79 Å². The normalized spacial score (nSPS) is 12.2. The highest BCUT2D eigenvalue weighted by atomic mass is 35.5. The van der Waals surface area contributed by atoms with Crippen molar-refractivity contribution in [1.29, 1.82) is 0 Å². The van der Waals surface area contributed by atoms with Crippen molar-refractivity contribution in [3.05, 3.63) is 28.8 Å². The van der Waals surface area contributed by atoms with E-state index >= 15 is 0 Å². The Labute approximate surface area is 133 Å². The van der Waals surface area contributed by atoms with Gasteiger partial charge in [-0.2, -0.15) is 0 Å². The highest BCUT2D eigenvalue weighted by Crippen LogP contribution is 2.27. The number of hydrogen-bond acceptors (Lipinski definition) is 3. The summed E-state index contributed by atoms with van der Waals surface area (Å²) in [7, 11) is 0. The molecule has 1 aromatic carbocycles. The fraction of sp³-hybridized carbons (Fsp3) is 0.462. The van der Waals surface area contributed by atoms with Crippen LogP contribution in [0.2, 0.25) is 5.02 Å². The second-order valence-electron chi connectivity index (χ2n) is 4.30. The van der Waals surface area contributed by atoms with Crippen LogP contribution in [0, 0.1) is 0 Å². The number of carboxylic acid groups (broad SMARTS) is 1. The van der Waals surface area contributed by atoms with E-state index in [2.05, 4.69) is 0 Å². The van der Waals surface area contributed by atoms with Crippen LogP contribution in [0.5, 0.6) is 0 Å². The lowest BCUT2D eigenvalue weighted by Gasteiger charge is -2.24. The second kappa shape index (κ2) is 8.57. The van der Waals surface area contributed by atoms with Crippen molar-refractivity contribution >= 4 is 46.5 Å². The quantitative estimate of drug-likeness (QED) is 0.714. The van der Waals surface area contributed by atoms with E-state index in [1.165, 1.54) is 0 Å². The minimum atomic E-state index is -1.03. The van der Waals surface area contributed by atoms with Crippen molar-refractivity contribution in [2.45, 2.75) is 12.5 Å². The van der Waals surface area contributed by atoms with Crippen molar-refractivity contribution in [2.24, 2.45) is 5.73 Å². The number of rotatable bonds is 8. The molecule has 0 aliphatic rings. The Morgan fingerprint density at radius 2 is 1.90 bits per heavy atom. The Morgan fingerprint density at radius 1 is 1.30 bits per heavy atom. The standard InChI is InChI=1S/C13H17Cl3N2O2/c14-3-5-18(6-4-15)12-2-1-9(7-10(12)16)8-11(17)13(19)20/h1-2,7,11H,3-6,8,17H2,(H,19,20)/t11-/m1/s1. The zero-order valence-corrected chi connectivity index (χ0v) is 13.1. The van der Waals surface area contributed by atoms with Gasteiger partial charge in [-0.25, -0.2) is 0 Å². The molecule has 0 bridgehead atoms. The van der Waals surface area contributed by atoms with E-state index in [1.54, 1.807) is 6.07 Å². The van der Waals surface area contributed by atoms with Crippen molar-refractivity contribution in [3.63, 3.8) is 0 Å². The number of aliphatic carboxylic acids is 1. The molecule has 0 aliphatic carbocycles. The molecule has 3 N–H and O–H groups in total. The van der Waals surface area contributed by atoms with Crippen LogP contribution < -0.4 is 10.6 Å². The molecule has 0 aromatic heterocycles. The molecule has 20 heavy (non-hydrogen) atoms. The van der Waals surface area contributed by atoms with Crippen LogP contribution >= 0.6 is 34.8 Å². The molecule has 0 unspecified atom stereocenters. The monoisotopic (exact) mass is 338 g/mol. The average Bonchev–Trinajstić information content (AvgIpc) is 2.38. The Bertz CT molecular complexity index is 451. The highest BCUT2D eigenvalue weighted by Gasteiger charge is 2.14. The van der Waals surface area contributed by atoms with E-state index < -0.39 is 12.0 Å². The number of hydrogen-bond donors (Lipinski definition) is 2. The first-order chi connectivity index (χ1) is 9.49. The third kappa shape index (κ3) is 5.02. The zero-order chi connectivity index (χ0) is 15.1. The number of nitrogens with two attached hydrogens (primary N) is 1. The number of nitrogens with zero attached hydrogens (tertiary/aromatic N) is 1. The van der Waals surface area contributed by atoms with Crippen molar-refractivity contribution in [2.75, 3.05) is 29.7 Å². The maximum Gasteiger partial charge on any atom is 0.320 e. The summed E-state index contributed by atoms with van der Waals surface area (Å²) in [5.41, 5.74) is 7.12. The van der Waals surface area contributed by atoms with Gasteiger partial charge in [0.05, 0.1) is 10.7 Å². The van der Waals surface area contributed by atoms with Gasteiger partial charge in [-0.3, -0.25) is 4.79 Å². The first kappa shape index (κ1) is 17.4. The topological polar surface area (TPSA) is 66.6 Å². The van der Waals surface area contributed by atoms with E-state index in [0.29, 0.717) is 29.9 Å². The van der Waals surface area contributed by atoms with Gasteiger partial charge in [-0.15, -0.1) is 23.2 Å². The molecule has 0 radical (unpaired) electrons. The largest absolute Gasteiger partial charge is 0.480 e. The molecule has 4 nitrogen and oxygen atoms in total. The van der Waals surface area contributed by atoms with Gasteiger partial charge in [0.2, 0.25) is 0 Å². The van der Waals surface area contributed by atoms with E-state index in [-0.39, 0.29) is 6.42 Å². The number of carbonyl (C=O) groups is 1. The van der Waals surface area contributed by atoms with Crippen molar-refractivity contribution < 1.29 is 9.90 Å². The van der Waals surface area contributed by atoms with Gasteiger partial charge in [0, 0.05) is 24.8 Å². The fourth-order valence-corrected chi connectivity index (χ4v) is 2.56. The first-order valence-corrected chi connectivity index (χ1v) is 7.58. The number of halogens is 3. The Morgan fingerprint density at radius 3 is 2.35 bits per heavy atom. The van der Waals surface area contributed by atoms with Crippen molar-refractivity contribution in [1.82, 2.24) is 0 Å². The summed E-state index contributed by atoms with van der Waals surface area (Å²) < 4.78 is 0. The molecular formula is C13H17Cl3N2O2. The molecule has 0 fully saturated rings. The third-order valence-corrected chi connectivity index (χ3v) is 3.48. The molecule has 0 heterocycles. The van der Waals surface area contributed by atoms with Gasteiger partial charge in [0.15, 0.2) is 0 Å².